The summed E-state index contributed by atoms with van der Waals surface area (Å²) in [4.78, 5) is 12.6. The fourth-order valence-corrected chi connectivity index (χ4v) is 6.33. The number of hydrogen-bond donors (Lipinski definition) is 6. The molecule has 1 aliphatic heterocycles. The van der Waals surface area contributed by atoms with Crippen LogP contribution in [0.1, 0.15) is 174 Å². The lowest BCUT2D eigenvalue weighted by Gasteiger charge is -2.40. The quantitative estimate of drug-likeness (QED) is 0.0328. The van der Waals surface area contributed by atoms with Crippen molar-refractivity contribution in [1.29, 1.82) is 0 Å². The van der Waals surface area contributed by atoms with Crippen LogP contribution in [0.4, 0.5) is 0 Å². The minimum Gasteiger partial charge on any atom is -0.394 e. The van der Waals surface area contributed by atoms with Gasteiger partial charge in [0.25, 0.3) is 0 Å². The van der Waals surface area contributed by atoms with Gasteiger partial charge in [0.2, 0.25) is 5.91 Å². The largest absolute Gasteiger partial charge is 0.394 e. The highest BCUT2D eigenvalue weighted by molar-refractivity contribution is 5.76. The second kappa shape index (κ2) is 30.7. The van der Waals surface area contributed by atoms with Gasteiger partial charge in [-0.2, -0.15) is 0 Å². The molecule has 1 aliphatic rings. The van der Waals surface area contributed by atoms with Crippen molar-refractivity contribution in [3.8, 4) is 0 Å². The highest BCUT2D eigenvalue weighted by atomic mass is 16.7. The smallest absolute Gasteiger partial charge is 0.220 e. The van der Waals surface area contributed by atoms with Gasteiger partial charge in [0.15, 0.2) is 6.29 Å². The zero-order valence-corrected chi connectivity index (χ0v) is 30.7. The van der Waals surface area contributed by atoms with Crippen LogP contribution in [0.2, 0.25) is 0 Å². The summed E-state index contributed by atoms with van der Waals surface area (Å²) in [5.74, 6) is -0.195. The minimum atomic E-state index is -1.56. The molecule has 1 heterocycles. The van der Waals surface area contributed by atoms with Crippen LogP contribution < -0.4 is 5.32 Å². The molecule has 0 saturated carbocycles. The van der Waals surface area contributed by atoms with E-state index < -0.39 is 49.5 Å². The molecule has 0 aliphatic carbocycles. The molecule has 0 bridgehead atoms. The molecule has 0 aromatic heterocycles. The van der Waals surface area contributed by atoms with Gasteiger partial charge in [0.1, 0.15) is 24.4 Å². The summed E-state index contributed by atoms with van der Waals surface area (Å²) in [5.41, 5.74) is 0. The predicted octanol–water partition coefficient (Wildman–Crippen LogP) is 7.00. The fourth-order valence-electron chi connectivity index (χ4n) is 6.33. The zero-order chi connectivity index (χ0) is 35.2. The average Bonchev–Trinajstić information content (AvgIpc) is 3.08. The molecule has 1 saturated heterocycles. The Hall–Kier alpha value is -1.07. The van der Waals surface area contributed by atoms with Gasteiger partial charge in [0, 0.05) is 6.42 Å². The predicted molar refractivity (Wildman–Crippen MR) is 194 cm³/mol. The Bertz CT molecular complexity index is 766. The molecule has 1 fully saturated rings. The molecular formula is C39H75NO8. The van der Waals surface area contributed by atoms with E-state index in [1.54, 1.807) is 6.08 Å². The molecule has 9 nitrogen and oxygen atoms in total. The van der Waals surface area contributed by atoms with Crippen molar-refractivity contribution in [2.75, 3.05) is 13.2 Å². The maximum absolute atomic E-state index is 12.6. The van der Waals surface area contributed by atoms with E-state index in [0.29, 0.717) is 6.42 Å². The van der Waals surface area contributed by atoms with Gasteiger partial charge in [-0.15, -0.1) is 0 Å². The second-order valence-corrected chi connectivity index (χ2v) is 14.1. The lowest BCUT2D eigenvalue weighted by molar-refractivity contribution is -0.302. The van der Waals surface area contributed by atoms with Gasteiger partial charge in [-0.05, 0) is 19.3 Å². The maximum atomic E-state index is 12.6. The summed E-state index contributed by atoms with van der Waals surface area (Å²) >= 11 is 0. The van der Waals surface area contributed by atoms with Crippen molar-refractivity contribution in [2.24, 2.45) is 0 Å². The number of aliphatic hydroxyl groups is 5. The van der Waals surface area contributed by atoms with E-state index >= 15 is 0 Å². The molecule has 0 aromatic carbocycles. The van der Waals surface area contributed by atoms with E-state index in [0.717, 1.165) is 44.9 Å². The summed E-state index contributed by atoms with van der Waals surface area (Å²) in [6.07, 6.45) is 26.1. The summed E-state index contributed by atoms with van der Waals surface area (Å²) in [5, 5.41) is 53.6. The first kappa shape index (κ1) is 45.0. The van der Waals surface area contributed by atoms with Gasteiger partial charge < -0.3 is 40.3 Å². The highest BCUT2D eigenvalue weighted by Gasteiger charge is 2.44. The SMILES string of the molecule is CCCCCCCCCCCCCCCCCCCCC/C=C/C(O)C(COC1OC(CO)C(O)C(O)C1O)NC(=O)CCCCCC. The van der Waals surface area contributed by atoms with Crippen LogP contribution in [0.5, 0.6) is 0 Å². The van der Waals surface area contributed by atoms with Gasteiger partial charge in [-0.3, -0.25) is 4.79 Å². The number of unbranched alkanes of at least 4 members (excludes halogenated alkanes) is 22. The fraction of sp³-hybridized carbons (Fsp3) is 0.923. The van der Waals surface area contributed by atoms with Gasteiger partial charge in [0.05, 0.1) is 25.4 Å². The van der Waals surface area contributed by atoms with Crippen LogP contribution in [-0.2, 0) is 14.3 Å². The Balaban J connectivity index is 2.24. The van der Waals surface area contributed by atoms with Crippen LogP contribution in [0.3, 0.4) is 0 Å². The Morgan fingerprint density at radius 3 is 1.62 bits per heavy atom. The van der Waals surface area contributed by atoms with Crippen molar-refractivity contribution in [3.63, 3.8) is 0 Å². The molecule has 48 heavy (non-hydrogen) atoms. The molecule has 1 amide bonds. The normalized spacial score (nSPS) is 22.7. The molecule has 0 aromatic rings. The molecule has 7 atom stereocenters. The van der Waals surface area contributed by atoms with E-state index in [4.69, 9.17) is 9.47 Å². The molecule has 9 heteroatoms. The third-order valence-electron chi connectivity index (χ3n) is 9.61. The Morgan fingerprint density at radius 2 is 1.15 bits per heavy atom. The number of carbonyl (C=O) groups is 1. The number of ether oxygens (including phenoxy) is 2. The van der Waals surface area contributed by atoms with E-state index in [2.05, 4.69) is 19.2 Å². The van der Waals surface area contributed by atoms with E-state index in [9.17, 15) is 30.3 Å². The van der Waals surface area contributed by atoms with Crippen LogP contribution in [0.15, 0.2) is 12.2 Å². The van der Waals surface area contributed by atoms with E-state index in [1.807, 2.05) is 6.08 Å². The first-order chi connectivity index (χ1) is 23.3. The maximum Gasteiger partial charge on any atom is 0.220 e. The van der Waals surface area contributed by atoms with Crippen molar-refractivity contribution < 1.29 is 39.8 Å². The summed E-state index contributed by atoms with van der Waals surface area (Å²) in [7, 11) is 0. The minimum absolute atomic E-state index is 0.186. The molecule has 0 radical (unpaired) electrons. The van der Waals surface area contributed by atoms with Gasteiger partial charge in [-0.1, -0.05) is 161 Å². The monoisotopic (exact) mass is 686 g/mol. The number of carbonyl (C=O) groups excluding carboxylic acids is 1. The summed E-state index contributed by atoms with van der Waals surface area (Å²) in [6, 6.07) is -0.794. The molecule has 6 N–H and O–H groups in total. The number of hydrogen-bond acceptors (Lipinski definition) is 8. The Kier molecular flexibility index (Phi) is 28.8. The number of nitrogens with one attached hydrogen (secondary N) is 1. The third kappa shape index (κ3) is 21.9. The second-order valence-electron chi connectivity index (χ2n) is 14.1. The zero-order valence-electron chi connectivity index (χ0n) is 30.7. The van der Waals surface area contributed by atoms with E-state index in [1.165, 1.54) is 109 Å². The molecular weight excluding hydrogens is 610 g/mol. The standard InChI is InChI=1S/C39H75NO8/c1-3-5-7-9-10-11-12-13-14-15-16-17-18-19-20-21-22-23-24-25-26-28-33(42)32(40-35(43)29-27-8-6-4-2)31-47-39-38(46)37(45)36(44)34(30-41)48-39/h26,28,32-34,36-39,41-42,44-46H,3-25,27,29-31H2,1-2H3,(H,40,43)/b28-26+. The lowest BCUT2D eigenvalue weighted by atomic mass is 9.99. The number of rotatable bonds is 32. The van der Waals surface area contributed by atoms with Crippen molar-refractivity contribution in [3.05, 3.63) is 12.2 Å². The third-order valence-corrected chi connectivity index (χ3v) is 9.61. The van der Waals surface area contributed by atoms with Crippen molar-refractivity contribution >= 4 is 5.91 Å². The van der Waals surface area contributed by atoms with Crippen LogP contribution in [0, 0.1) is 0 Å². The lowest BCUT2D eigenvalue weighted by Crippen LogP contribution is -2.60. The van der Waals surface area contributed by atoms with Crippen LogP contribution in [-0.4, -0.2) is 87.5 Å². The van der Waals surface area contributed by atoms with E-state index in [-0.39, 0.29) is 12.5 Å². The van der Waals surface area contributed by atoms with Crippen LogP contribution in [0.25, 0.3) is 0 Å². The Morgan fingerprint density at radius 1 is 0.688 bits per heavy atom. The van der Waals surface area contributed by atoms with Crippen molar-refractivity contribution in [1.82, 2.24) is 5.32 Å². The Labute approximate surface area is 293 Å². The first-order valence-corrected chi connectivity index (χ1v) is 19.9. The topological polar surface area (TPSA) is 149 Å². The first-order valence-electron chi connectivity index (χ1n) is 19.9. The number of allylic oxidation sites excluding steroid dienone is 1. The average molecular weight is 686 g/mol. The number of aliphatic hydroxyl groups excluding tert-OH is 5. The van der Waals surface area contributed by atoms with Crippen LogP contribution >= 0.6 is 0 Å². The van der Waals surface area contributed by atoms with Gasteiger partial charge >= 0.3 is 0 Å². The summed E-state index contributed by atoms with van der Waals surface area (Å²) in [6.45, 7) is 3.64. The number of amides is 1. The molecule has 7 unspecified atom stereocenters. The van der Waals surface area contributed by atoms with Gasteiger partial charge in [-0.25, -0.2) is 0 Å². The molecule has 284 valence electrons. The molecule has 1 rings (SSSR count). The highest BCUT2D eigenvalue weighted by Crippen LogP contribution is 2.22. The van der Waals surface area contributed by atoms with Crippen molar-refractivity contribution in [2.45, 2.75) is 217 Å². The molecule has 0 spiro atoms. The summed E-state index contributed by atoms with van der Waals surface area (Å²) < 4.78 is 11.1.